The number of amides is 1. The molecule has 3 N–H and O–H groups in total. The van der Waals surface area contributed by atoms with Crippen molar-refractivity contribution in [1.29, 1.82) is 0 Å². The summed E-state index contributed by atoms with van der Waals surface area (Å²) in [7, 11) is 0. The predicted molar refractivity (Wildman–Crippen MR) is 65.1 cm³/mol. The Morgan fingerprint density at radius 2 is 1.95 bits per heavy atom. The van der Waals surface area contributed by atoms with Gasteiger partial charge in [-0.05, 0) is 18.2 Å². The highest BCUT2D eigenvalue weighted by Crippen LogP contribution is 2.12. The van der Waals surface area contributed by atoms with Gasteiger partial charge in [0, 0.05) is 6.20 Å². The third kappa shape index (κ3) is 3.03. The number of rotatable bonds is 3. The molecule has 2 heterocycles. The summed E-state index contributed by atoms with van der Waals surface area (Å²) in [6.45, 7) is 0. The van der Waals surface area contributed by atoms with Gasteiger partial charge in [-0.1, -0.05) is 0 Å². The molecule has 0 aliphatic heterocycles. The first-order chi connectivity index (χ1) is 9.06. The van der Waals surface area contributed by atoms with E-state index in [9.17, 15) is 14.7 Å². The average Bonchev–Trinajstić information content (AvgIpc) is 2.39. The number of carboxylic acids is 1. The number of pyridine rings is 2. The number of carbonyl (C=O) groups is 2. The van der Waals surface area contributed by atoms with E-state index in [4.69, 9.17) is 5.11 Å². The summed E-state index contributed by atoms with van der Waals surface area (Å²) in [6, 6.07) is 3.96. The zero-order valence-corrected chi connectivity index (χ0v) is 9.57. The maximum atomic E-state index is 11.8. The van der Waals surface area contributed by atoms with Gasteiger partial charge < -0.3 is 15.5 Å². The third-order valence-corrected chi connectivity index (χ3v) is 2.23. The Kier molecular flexibility index (Phi) is 3.37. The quantitative estimate of drug-likeness (QED) is 0.761. The standard InChI is InChI=1S/C12H9N3O4/c16-9-3-7(4-13-6-9)11(17)15-8-1-2-10(12(18)19)14-5-8/h1-6,16H,(H,15,17)(H,18,19). The molecule has 2 rings (SSSR count). The molecule has 19 heavy (non-hydrogen) atoms. The normalized spacial score (nSPS) is 9.89. The van der Waals surface area contributed by atoms with Gasteiger partial charge >= 0.3 is 5.97 Å². The molecule has 1 amide bonds. The van der Waals surface area contributed by atoms with Crippen molar-refractivity contribution < 1.29 is 19.8 Å². The molecule has 0 atom stereocenters. The lowest BCUT2D eigenvalue weighted by Crippen LogP contribution is -2.12. The third-order valence-electron chi connectivity index (χ3n) is 2.23. The number of anilines is 1. The van der Waals surface area contributed by atoms with Gasteiger partial charge in [0.05, 0.1) is 23.6 Å². The van der Waals surface area contributed by atoms with Gasteiger partial charge in [-0.25, -0.2) is 9.78 Å². The van der Waals surface area contributed by atoms with E-state index in [0.717, 1.165) is 0 Å². The van der Waals surface area contributed by atoms with Crippen LogP contribution in [-0.2, 0) is 0 Å². The summed E-state index contributed by atoms with van der Waals surface area (Å²) in [5, 5.41) is 20.4. The van der Waals surface area contributed by atoms with Crippen LogP contribution in [0.3, 0.4) is 0 Å². The number of aromatic carboxylic acids is 1. The van der Waals surface area contributed by atoms with Crippen LogP contribution in [0.4, 0.5) is 5.69 Å². The van der Waals surface area contributed by atoms with Crippen molar-refractivity contribution in [2.24, 2.45) is 0 Å². The Morgan fingerprint density at radius 3 is 2.53 bits per heavy atom. The van der Waals surface area contributed by atoms with Gasteiger partial charge in [0.2, 0.25) is 0 Å². The van der Waals surface area contributed by atoms with Crippen molar-refractivity contribution in [3.63, 3.8) is 0 Å². The second-order valence-corrected chi connectivity index (χ2v) is 3.62. The number of carboxylic acid groups (broad SMARTS) is 1. The summed E-state index contributed by atoms with van der Waals surface area (Å²) in [5.74, 6) is -1.74. The molecular formula is C12H9N3O4. The van der Waals surface area contributed by atoms with E-state index in [1.807, 2.05) is 0 Å². The van der Waals surface area contributed by atoms with E-state index in [1.165, 1.54) is 36.8 Å². The first-order valence-electron chi connectivity index (χ1n) is 5.21. The topological polar surface area (TPSA) is 112 Å². The maximum Gasteiger partial charge on any atom is 0.354 e. The Labute approximate surface area is 107 Å². The minimum absolute atomic E-state index is 0.114. The van der Waals surface area contributed by atoms with Gasteiger partial charge in [0.25, 0.3) is 5.91 Å². The molecule has 7 nitrogen and oxygen atoms in total. The number of carbonyl (C=O) groups excluding carboxylic acids is 1. The molecule has 96 valence electrons. The Hall–Kier alpha value is -2.96. The van der Waals surface area contributed by atoms with Crippen molar-refractivity contribution in [3.05, 3.63) is 48.0 Å². The molecular weight excluding hydrogens is 250 g/mol. The van der Waals surface area contributed by atoms with Crippen LogP contribution in [0.5, 0.6) is 5.75 Å². The number of nitrogens with zero attached hydrogens (tertiary/aromatic N) is 2. The minimum Gasteiger partial charge on any atom is -0.506 e. The van der Waals surface area contributed by atoms with Crippen LogP contribution in [0.2, 0.25) is 0 Å². The van der Waals surface area contributed by atoms with Crippen molar-refractivity contribution >= 4 is 17.6 Å². The lowest BCUT2D eigenvalue weighted by molar-refractivity contribution is 0.0690. The molecule has 2 aromatic rings. The average molecular weight is 259 g/mol. The van der Waals surface area contributed by atoms with Gasteiger partial charge in [0.1, 0.15) is 11.4 Å². The molecule has 0 saturated carbocycles. The number of hydrogen-bond acceptors (Lipinski definition) is 5. The second-order valence-electron chi connectivity index (χ2n) is 3.62. The van der Waals surface area contributed by atoms with Crippen molar-refractivity contribution in [2.45, 2.75) is 0 Å². The summed E-state index contributed by atoms with van der Waals surface area (Å²) < 4.78 is 0. The molecule has 0 unspecified atom stereocenters. The van der Waals surface area contributed by atoms with E-state index >= 15 is 0 Å². The Morgan fingerprint density at radius 1 is 1.16 bits per heavy atom. The lowest BCUT2D eigenvalue weighted by Gasteiger charge is -2.05. The highest BCUT2D eigenvalue weighted by atomic mass is 16.4. The first-order valence-corrected chi connectivity index (χ1v) is 5.21. The monoisotopic (exact) mass is 259 g/mol. The smallest absolute Gasteiger partial charge is 0.354 e. The number of nitrogens with one attached hydrogen (secondary N) is 1. The van der Waals surface area contributed by atoms with E-state index in [-0.39, 0.29) is 17.0 Å². The van der Waals surface area contributed by atoms with Gasteiger partial charge in [-0.2, -0.15) is 0 Å². The van der Waals surface area contributed by atoms with Gasteiger partial charge in [-0.3, -0.25) is 9.78 Å². The van der Waals surface area contributed by atoms with E-state index < -0.39 is 11.9 Å². The summed E-state index contributed by atoms with van der Waals surface area (Å²) in [5.41, 5.74) is 0.415. The van der Waals surface area contributed by atoms with Crippen LogP contribution in [0.15, 0.2) is 36.8 Å². The molecule has 0 saturated heterocycles. The minimum atomic E-state index is -1.14. The van der Waals surface area contributed by atoms with Crippen LogP contribution < -0.4 is 5.32 Å². The van der Waals surface area contributed by atoms with Gasteiger partial charge in [0.15, 0.2) is 0 Å². The molecule has 0 bridgehead atoms. The van der Waals surface area contributed by atoms with Crippen LogP contribution >= 0.6 is 0 Å². The Bertz CT molecular complexity index is 625. The second kappa shape index (κ2) is 5.13. The van der Waals surface area contributed by atoms with Crippen LogP contribution in [0.25, 0.3) is 0 Å². The Balaban J connectivity index is 2.13. The molecule has 0 aliphatic rings. The van der Waals surface area contributed by atoms with Crippen molar-refractivity contribution in [2.75, 3.05) is 5.32 Å². The summed E-state index contributed by atoms with van der Waals surface area (Å²) >= 11 is 0. The summed E-state index contributed by atoms with van der Waals surface area (Å²) in [4.78, 5) is 29.7. The zero-order valence-electron chi connectivity index (χ0n) is 9.57. The highest BCUT2D eigenvalue weighted by molar-refractivity contribution is 6.04. The maximum absolute atomic E-state index is 11.8. The highest BCUT2D eigenvalue weighted by Gasteiger charge is 2.09. The lowest BCUT2D eigenvalue weighted by atomic mass is 10.2. The van der Waals surface area contributed by atoms with E-state index in [1.54, 1.807) is 0 Å². The fraction of sp³-hybridized carbons (Fsp3) is 0. The predicted octanol–water partition coefficient (Wildman–Crippen LogP) is 1.13. The zero-order chi connectivity index (χ0) is 13.8. The van der Waals surface area contributed by atoms with Crippen LogP contribution in [0, 0.1) is 0 Å². The fourth-order valence-corrected chi connectivity index (χ4v) is 1.35. The molecule has 0 aliphatic carbocycles. The van der Waals surface area contributed by atoms with Crippen LogP contribution in [-0.4, -0.2) is 32.1 Å². The number of aromatic hydroxyl groups is 1. The first kappa shape index (κ1) is 12.5. The molecule has 7 heteroatoms. The molecule has 0 aromatic carbocycles. The van der Waals surface area contributed by atoms with Crippen molar-refractivity contribution in [3.8, 4) is 5.75 Å². The molecule has 0 spiro atoms. The van der Waals surface area contributed by atoms with Crippen molar-refractivity contribution in [1.82, 2.24) is 9.97 Å². The molecule has 0 fully saturated rings. The number of aromatic nitrogens is 2. The fourth-order valence-electron chi connectivity index (χ4n) is 1.35. The SMILES string of the molecule is O=C(Nc1ccc(C(=O)O)nc1)c1cncc(O)c1. The largest absolute Gasteiger partial charge is 0.506 e. The summed E-state index contributed by atoms with van der Waals surface area (Å²) in [6.07, 6.45) is 3.74. The van der Waals surface area contributed by atoms with Crippen LogP contribution in [0.1, 0.15) is 20.8 Å². The molecule has 2 aromatic heterocycles. The molecule has 0 radical (unpaired) electrons. The number of hydrogen-bond donors (Lipinski definition) is 3. The van der Waals surface area contributed by atoms with E-state index in [2.05, 4.69) is 15.3 Å². The van der Waals surface area contributed by atoms with E-state index in [0.29, 0.717) is 5.69 Å². The van der Waals surface area contributed by atoms with Gasteiger partial charge in [-0.15, -0.1) is 0 Å².